The molecule has 1 N–H and O–H groups in total. The highest BCUT2D eigenvalue weighted by Crippen LogP contribution is 2.34. The summed E-state index contributed by atoms with van der Waals surface area (Å²) in [4.78, 5) is 0.00911. The number of alkyl halides is 1. The van der Waals surface area contributed by atoms with Crippen molar-refractivity contribution in [3.63, 3.8) is 0 Å². The Kier molecular flexibility index (Phi) is 6.88. The zero-order valence-electron chi connectivity index (χ0n) is 9.45. The smallest absolute Gasteiger partial charge is 0.243 e. The second-order valence-electron chi connectivity index (χ2n) is 3.44. The number of hydrogen-bond acceptors (Lipinski definition) is 4. The summed E-state index contributed by atoms with van der Waals surface area (Å²) in [5, 5.41) is 0.668. The van der Waals surface area contributed by atoms with Crippen molar-refractivity contribution in [3.8, 4) is 0 Å². The Morgan fingerprint density at radius 2 is 2.22 bits per heavy atom. The van der Waals surface area contributed by atoms with Gasteiger partial charge in [-0.1, -0.05) is 39.1 Å². The summed E-state index contributed by atoms with van der Waals surface area (Å²) in [6.07, 6.45) is 0.614. The van der Waals surface area contributed by atoms with Crippen LogP contribution in [0.2, 0.25) is 8.67 Å². The Labute approximate surface area is 129 Å². The summed E-state index contributed by atoms with van der Waals surface area (Å²) in [6.45, 7) is 0.292. The zero-order valence-corrected chi connectivity index (χ0v) is 14.2. The van der Waals surface area contributed by atoms with E-state index in [2.05, 4.69) is 20.7 Å². The van der Waals surface area contributed by atoms with Gasteiger partial charge in [-0.25, -0.2) is 13.1 Å². The van der Waals surface area contributed by atoms with Gasteiger partial charge in [-0.3, -0.25) is 0 Å². The van der Waals surface area contributed by atoms with Crippen LogP contribution in [-0.4, -0.2) is 33.5 Å². The molecule has 1 atom stereocenters. The minimum Gasteiger partial charge on any atom is -0.383 e. The highest BCUT2D eigenvalue weighted by molar-refractivity contribution is 9.09. The maximum atomic E-state index is 12.1. The fourth-order valence-electron chi connectivity index (χ4n) is 1.30. The van der Waals surface area contributed by atoms with Gasteiger partial charge in [-0.05, 0) is 12.5 Å². The van der Waals surface area contributed by atoms with E-state index in [-0.39, 0.29) is 15.3 Å². The molecular weight excluding hydrogens is 385 g/mol. The van der Waals surface area contributed by atoms with Crippen molar-refractivity contribution in [2.24, 2.45) is 0 Å². The second kappa shape index (κ2) is 7.42. The molecule has 9 heteroatoms. The molecule has 0 radical (unpaired) electrons. The molecule has 0 spiro atoms. The maximum absolute atomic E-state index is 12.1. The van der Waals surface area contributed by atoms with E-state index in [1.807, 2.05) is 0 Å². The number of rotatable bonds is 7. The molecule has 18 heavy (non-hydrogen) atoms. The Bertz CT molecular complexity index is 486. The van der Waals surface area contributed by atoms with Crippen LogP contribution in [0.3, 0.4) is 0 Å². The number of hydrogen-bond donors (Lipinski definition) is 1. The molecule has 0 aliphatic carbocycles. The predicted octanol–water partition coefficient (Wildman–Crippen LogP) is 3.13. The van der Waals surface area contributed by atoms with Crippen LogP contribution in [0.4, 0.5) is 0 Å². The lowest BCUT2D eigenvalue weighted by Crippen LogP contribution is -2.38. The van der Waals surface area contributed by atoms with E-state index < -0.39 is 10.0 Å². The molecule has 1 unspecified atom stereocenters. The van der Waals surface area contributed by atoms with Crippen molar-refractivity contribution in [2.45, 2.75) is 17.4 Å². The first kappa shape index (κ1) is 16.7. The van der Waals surface area contributed by atoms with Gasteiger partial charge in [0.2, 0.25) is 10.0 Å². The first-order valence-electron chi connectivity index (χ1n) is 4.92. The Morgan fingerprint density at radius 3 is 2.67 bits per heavy atom. The number of sulfonamides is 1. The fourth-order valence-corrected chi connectivity index (χ4v) is 5.26. The number of methoxy groups -OCH3 is 1. The van der Waals surface area contributed by atoms with E-state index in [4.69, 9.17) is 27.9 Å². The van der Waals surface area contributed by atoms with Crippen molar-refractivity contribution in [3.05, 3.63) is 14.7 Å². The molecule has 1 aromatic heterocycles. The standard InChI is InChI=1S/C9H12BrCl2NO3S2/c1-16-5-6(2-3-10)13-18(14,15)7-4-8(11)17-9(7)12/h4,6,13H,2-3,5H2,1H3. The van der Waals surface area contributed by atoms with Gasteiger partial charge in [-0.2, -0.15) is 0 Å². The van der Waals surface area contributed by atoms with E-state index in [0.717, 1.165) is 11.3 Å². The lowest BCUT2D eigenvalue weighted by Gasteiger charge is -2.16. The fraction of sp³-hybridized carbons (Fsp3) is 0.556. The molecule has 0 aliphatic rings. The van der Waals surface area contributed by atoms with Crippen molar-refractivity contribution in [1.82, 2.24) is 4.72 Å². The Morgan fingerprint density at radius 1 is 1.56 bits per heavy atom. The lowest BCUT2D eigenvalue weighted by atomic mass is 10.3. The van der Waals surface area contributed by atoms with Gasteiger partial charge in [0.15, 0.2) is 0 Å². The quantitative estimate of drug-likeness (QED) is 0.720. The van der Waals surface area contributed by atoms with E-state index in [9.17, 15) is 8.42 Å². The van der Waals surface area contributed by atoms with E-state index in [1.54, 1.807) is 0 Å². The highest BCUT2D eigenvalue weighted by atomic mass is 79.9. The van der Waals surface area contributed by atoms with Crippen molar-refractivity contribution >= 4 is 60.5 Å². The molecular formula is C9H12BrCl2NO3S2. The molecule has 0 aromatic carbocycles. The van der Waals surface area contributed by atoms with E-state index >= 15 is 0 Å². The van der Waals surface area contributed by atoms with Crippen LogP contribution in [0, 0.1) is 0 Å². The van der Waals surface area contributed by atoms with Gasteiger partial charge in [0.25, 0.3) is 0 Å². The molecule has 0 saturated heterocycles. The van der Waals surface area contributed by atoms with Gasteiger partial charge in [0, 0.05) is 18.5 Å². The average molecular weight is 397 g/mol. The number of ether oxygens (including phenoxy) is 1. The van der Waals surface area contributed by atoms with Crippen LogP contribution in [0.15, 0.2) is 11.0 Å². The molecule has 1 aromatic rings. The molecule has 104 valence electrons. The second-order valence-corrected chi connectivity index (χ2v) is 8.20. The van der Waals surface area contributed by atoms with E-state index in [0.29, 0.717) is 22.7 Å². The maximum Gasteiger partial charge on any atom is 0.243 e. The molecule has 1 heterocycles. The van der Waals surface area contributed by atoms with Crippen molar-refractivity contribution in [1.29, 1.82) is 0 Å². The summed E-state index contributed by atoms with van der Waals surface area (Å²) >= 11 is 15.9. The summed E-state index contributed by atoms with van der Waals surface area (Å²) in [5.74, 6) is 0. The number of halogens is 3. The van der Waals surface area contributed by atoms with Crippen LogP contribution in [0.1, 0.15) is 6.42 Å². The largest absolute Gasteiger partial charge is 0.383 e. The minimum atomic E-state index is -3.67. The third-order valence-electron chi connectivity index (χ3n) is 2.06. The molecule has 0 amide bonds. The first-order chi connectivity index (χ1) is 8.40. The summed E-state index contributed by atoms with van der Waals surface area (Å²) in [7, 11) is -2.15. The topological polar surface area (TPSA) is 55.4 Å². The third kappa shape index (κ3) is 4.63. The van der Waals surface area contributed by atoms with Gasteiger partial charge < -0.3 is 4.74 Å². The zero-order chi connectivity index (χ0) is 13.8. The van der Waals surface area contributed by atoms with Crippen molar-refractivity contribution in [2.75, 3.05) is 19.0 Å². The van der Waals surface area contributed by atoms with Crippen LogP contribution in [0.5, 0.6) is 0 Å². The predicted molar refractivity (Wildman–Crippen MR) is 78.7 cm³/mol. The van der Waals surface area contributed by atoms with Gasteiger partial charge in [0.05, 0.1) is 10.9 Å². The van der Waals surface area contributed by atoms with Crippen LogP contribution in [0.25, 0.3) is 0 Å². The van der Waals surface area contributed by atoms with Crippen molar-refractivity contribution < 1.29 is 13.2 Å². The van der Waals surface area contributed by atoms with Crippen LogP contribution in [-0.2, 0) is 14.8 Å². The van der Waals surface area contributed by atoms with Crippen LogP contribution < -0.4 is 4.72 Å². The minimum absolute atomic E-state index is 0.00911. The number of nitrogens with one attached hydrogen (secondary N) is 1. The lowest BCUT2D eigenvalue weighted by molar-refractivity contribution is 0.173. The number of thiophene rings is 1. The molecule has 1 rings (SSSR count). The molecule has 0 aliphatic heterocycles. The normalized spacial score (nSPS) is 13.8. The molecule has 0 saturated carbocycles. The monoisotopic (exact) mass is 395 g/mol. The van der Waals surface area contributed by atoms with Crippen LogP contribution >= 0.6 is 50.5 Å². The Hall–Kier alpha value is 0.630. The Balaban J connectivity index is 2.89. The summed E-state index contributed by atoms with van der Waals surface area (Å²) in [5.41, 5.74) is 0. The molecule has 0 fully saturated rings. The third-order valence-corrected chi connectivity index (χ3v) is 5.79. The SMILES string of the molecule is COCC(CCBr)NS(=O)(=O)c1cc(Cl)sc1Cl. The van der Waals surface area contributed by atoms with Gasteiger partial charge in [-0.15, -0.1) is 11.3 Å². The average Bonchev–Trinajstić information content (AvgIpc) is 2.59. The summed E-state index contributed by atoms with van der Waals surface area (Å²) in [6, 6.07) is 1.03. The molecule has 4 nitrogen and oxygen atoms in total. The summed E-state index contributed by atoms with van der Waals surface area (Å²) < 4.78 is 32.2. The van der Waals surface area contributed by atoms with E-state index in [1.165, 1.54) is 13.2 Å². The van der Waals surface area contributed by atoms with Gasteiger partial charge >= 0.3 is 0 Å². The first-order valence-corrected chi connectivity index (χ1v) is 9.10. The van der Waals surface area contributed by atoms with Gasteiger partial charge in [0.1, 0.15) is 9.23 Å². The molecule has 0 bridgehead atoms. The highest BCUT2D eigenvalue weighted by Gasteiger charge is 2.24.